The second kappa shape index (κ2) is 12.0. The molecule has 40 heavy (non-hydrogen) atoms. The van der Waals surface area contributed by atoms with Gasteiger partial charge in [-0.05, 0) is 61.7 Å². The summed E-state index contributed by atoms with van der Waals surface area (Å²) in [4.78, 5) is 41.5. The summed E-state index contributed by atoms with van der Waals surface area (Å²) in [5.74, 6) is -0.837. The van der Waals surface area contributed by atoms with E-state index in [2.05, 4.69) is 27.3 Å². The van der Waals surface area contributed by atoms with E-state index in [1.807, 2.05) is 24.3 Å². The second-order valence-corrected chi connectivity index (χ2v) is 10.1. The molecule has 4 aromatic rings. The van der Waals surface area contributed by atoms with Crippen molar-refractivity contribution < 1.29 is 19.5 Å². The van der Waals surface area contributed by atoms with Crippen LogP contribution in [0.15, 0.2) is 78.9 Å². The minimum atomic E-state index is -1.03. The third-order valence-corrected chi connectivity index (χ3v) is 7.26. The Labute approximate surface area is 232 Å². The number of benzene rings is 3. The van der Waals surface area contributed by atoms with Gasteiger partial charge in [-0.25, -0.2) is 9.78 Å². The number of carboxylic acid groups (broad SMARTS) is 1. The van der Waals surface area contributed by atoms with E-state index in [0.29, 0.717) is 22.9 Å². The van der Waals surface area contributed by atoms with Gasteiger partial charge in [0.05, 0.1) is 11.0 Å². The van der Waals surface area contributed by atoms with Crippen LogP contribution in [0, 0.1) is 0 Å². The molecule has 1 aliphatic rings. The molecule has 1 atom stereocenters. The smallest absolute Gasteiger partial charge is 0.328 e. The van der Waals surface area contributed by atoms with E-state index in [0.717, 1.165) is 41.3 Å². The fraction of sp³-hybridized carbons (Fsp3) is 0.250. The van der Waals surface area contributed by atoms with Gasteiger partial charge in [0.2, 0.25) is 5.91 Å². The van der Waals surface area contributed by atoms with Crippen molar-refractivity contribution in [1.82, 2.24) is 14.9 Å². The van der Waals surface area contributed by atoms with Crippen LogP contribution in [0.3, 0.4) is 0 Å². The standard InChI is InChI=1S/C32H32N4O4/c1-21(31(39)34-25-16-12-22(13-17-25)14-19-29(37)38)33-32(40)24-15-18-28-27(20-24)35-30(23-8-4-2-5-9-23)36(28)26-10-6-3-7-11-26/h2,4-5,8-9,12-21,26H,3,6-7,10-11H2,1H3,(H,33,40)(H,34,39)(H,37,38)/b19-14+/t21-/m1/s1. The monoisotopic (exact) mass is 536 g/mol. The number of imidazole rings is 1. The Balaban J connectivity index is 1.31. The van der Waals surface area contributed by atoms with Crippen molar-refractivity contribution >= 4 is 40.6 Å². The van der Waals surface area contributed by atoms with Crippen molar-refractivity contribution in [2.45, 2.75) is 51.1 Å². The zero-order valence-electron chi connectivity index (χ0n) is 22.3. The molecule has 1 aliphatic carbocycles. The van der Waals surface area contributed by atoms with Crippen LogP contribution in [0.2, 0.25) is 0 Å². The summed E-state index contributed by atoms with van der Waals surface area (Å²) in [6.07, 6.45) is 8.40. The zero-order valence-corrected chi connectivity index (χ0v) is 22.3. The number of rotatable bonds is 8. The number of nitrogens with one attached hydrogen (secondary N) is 2. The molecule has 5 rings (SSSR count). The highest BCUT2D eigenvalue weighted by atomic mass is 16.4. The average molecular weight is 537 g/mol. The number of carbonyl (C=O) groups is 3. The van der Waals surface area contributed by atoms with E-state index >= 15 is 0 Å². The highest BCUT2D eigenvalue weighted by molar-refractivity contribution is 6.02. The molecule has 0 spiro atoms. The van der Waals surface area contributed by atoms with E-state index in [-0.39, 0.29) is 11.8 Å². The quantitative estimate of drug-likeness (QED) is 0.237. The minimum absolute atomic E-state index is 0.354. The molecule has 8 nitrogen and oxygen atoms in total. The van der Waals surface area contributed by atoms with Crippen LogP contribution < -0.4 is 10.6 Å². The molecule has 1 heterocycles. The predicted molar refractivity (Wildman–Crippen MR) is 156 cm³/mol. The summed E-state index contributed by atoms with van der Waals surface area (Å²) in [6, 6.07) is 22.0. The van der Waals surface area contributed by atoms with Crippen LogP contribution in [0.1, 0.15) is 61.0 Å². The maximum atomic E-state index is 13.1. The lowest BCUT2D eigenvalue weighted by atomic mass is 9.95. The molecule has 8 heteroatoms. The van der Waals surface area contributed by atoms with Crippen LogP contribution in [0.4, 0.5) is 5.69 Å². The van der Waals surface area contributed by atoms with Gasteiger partial charge in [-0.3, -0.25) is 9.59 Å². The van der Waals surface area contributed by atoms with Gasteiger partial charge >= 0.3 is 5.97 Å². The van der Waals surface area contributed by atoms with Crippen LogP contribution >= 0.6 is 0 Å². The van der Waals surface area contributed by atoms with Crippen molar-refractivity contribution in [1.29, 1.82) is 0 Å². The predicted octanol–water partition coefficient (Wildman–Crippen LogP) is 6.06. The topological polar surface area (TPSA) is 113 Å². The Morgan fingerprint density at radius 2 is 1.70 bits per heavy atom. The third kappa shape index (κ3) is 6.12. The van der Waals surface area contributed by atoms with Gasteiger partial charge in [0.1, 0.15) is 11.9 Å². The largest absolute Gasteiger partial charge is 0.478 e. The number of nitrogens with zero attached hydrogens (tertiary/aromatic N) is 2. The van der Waals surface area contributed by atoms with E-state index in [4.69, 9.17) is 10.1 Å². The maximum absolute atomic E-state index is 13.1. The Morgan fingerprint density at radius 1 is 0.975 bits per heavy atom. The summed E-state index contributed by atoms with van der Waals surface area (Å²) < 4.78 is 2.34. The lowest BCUT2D eigenvalue weighted by Crippen LogP contribution is -2.41. The van der Waals surface area contributed by atoms with E-state index < -0.39 is 12.0 Å². The average Bonchev–Trinajstić information content (AvgIpc) is 3.36. The molecule has 2 amide bonds. The number of carbonyl (C=O) groups excluding carboxylic acids is 2. The summed E-state index contributed by atoms with van der Waals surface area (Å²) in [6.45, 7) is 1.63. The van der Waals surface area contributed by atoms with Gasteiger partial charge in [0.15, 0.2) is 0 Å². The molecule has 1 fully saturated rings. The summed E-state index contributed by atoms with van der Waals surface area (Å²) >= 11 is 0. The first-order valence-electron chi connectivity index (χ1n) is 13.6. The van der Waals surface area contributed by atoms with Crippen LogP contribution in [0.5, 0.6) is 0 Å². The summed E-state index contributed by atoms with van der Waals surface area (Å²) in [5.41, 5.74) is 4.49. The van der Waals surface area contributed by atoms with Gasteiger partial charge < -0.3 is 20.3 Å². The van der Waals surface area contributed by atoms with Crippen LogP contribution in [-0.4, -0.2) is 38.5 Å². The van der Waals surface area contributed by atoms with Gasteiger partial charge in [0.25, 0.3) is 5.91 Å². The number of fused-ring (bicyclic) bond motifs is 1. The van der Waals surface area contributed by atoms with Gasteiger partial charge in [0, 0.05) is 28.9 Å². The van der Waals surface area contributed by atoms with Gasteiger partial charge in [-0.2, -0.15) is 0 Å². The molecular weight excluding hydrogens is 504 g/mol. The number of anilines is 1. The molecule has 0 aliphatic heterocycles. The van der Waals surface area contributed by atoms with Crippen molar-refractivity contribution in [2.24, 2.45) is 0 Å². The lowest BCUT2D eigenvalue weighted by molar-refractivity contribution is -0.131. The fourth-order valence-corrected chi connectivity index (χ4v) is 5.18. The highest BCUT2D eigenvalue weighted by Gasteiger charge is 2.23. The Hall–Kier alpha value is -4.72. The number of aromatic nitrogens is 2. The zero-order chi connectivity index (χ0) is 28.1. The molecule has 3 aromatic carbocycles. The molecule has 0 radical (unpaired) electrons. The molecular formula is C32H32N4O4. The molecule has 0 unspecified atom stereocenters. The Kier molecular flexibility index (Phi) is 8.05. The first kappa shape index (κ1) is 26.9. The first-order valence-corrected chi connectivity index (χ1v) is 13.6. The van der Waals surface area contributed by atoms with Crippen LogP contribution in [0.25, 0.3) is 28.5 Å². The molecule has 3 N–H and O–H groups in total. The molecule has 204 valence electrons. The number of aliphatic carboxylic acids is 1. The first-order chi connectivity index (χ1) is 19.4. The Morgan fingerprint density at radius 3 is 2.40 bits per heavy atom. The van der Waals surface area contributed by atoms with Crippen LogP contribution in [-0.2, 0) is 9.59 Å². The fourth-order valence-electron chi connectivity index (χ4n) is 5.18. The Bertz CT molecular complexity index is 1550. The molecule has 0 bridgehead atoms. The minimum Gasteiger partial charge on any atom is -0.478 e. The number of amides is 2. The van der Waals surface area contributed by atoms with Crippen molar-refractivity contribution in [3.8, 4) is 11.4 Å². The van der Waals surface area contributed by atoms with Gasteiger partial charge in [-0.15, -0.1) is 0 Å². The summed E-state index contributed by atoms with van der Waals surface area (Å²) in [5, 5.41) is 14.3. The highest BCUT2D eigenvalue weighted by Crippen LogP contribution is 2.36. The van der Waals surface area contributed by atoms with E-state index in [1.165, 1.54) is 25.3 Å². The number of hydrogen-bond acceptors (Lipinski definition) is 4. The maximum Gasteiger partial charge on any atom is 0.328 e. The second-order valence-electron chi connectivity index (χ2n) is 10.1. The molecule has 1 saturated carbocycles. The lowest BCUT2D eigenvalue weighted by Gasteiger charge is -2.25. The summed E-state index contributed by atoms with van der Waals surface area (Å²) in [7, 11) is 0. The molecule has 1 aromatic heterocycles. The van der Waals surface area contributed by atoms with Crippen molar-refractivity contribution in [3.63, 3.8) is 0 Å². The van der Waals surface area contributed by atoms with Crippen molar-refractivity contribution in [3.05, 3.63) is 90.0 Å². The van der Waals surface area contributed by atoms with E-state index in [9.17, 15) is 14.4 Å². The normalized spacial score (nSPS) is 14.7. The van der Waals surface area contributed by atoms with Crippen molar-refractivity contribution in [2.75, 3.05) is 5.32 Å². The number of carboxylic acids is 1. The molecule has 0 saturated heterocycles. The SMILES string of the molecule is C[C@@H](NC(=O)c1ccc2c(c1)nc(-c1ccccc1)n2C1CCCCC1)C(=O)Nc1ccc(/C=C/C(=O)O)cc1. The third-order valence-electron chi connectivity index (χ3n) is 7.26. The number of hydrogen-bond donors (Lipinski definition) is 3. The van der Waals surface area contributed by atoms with E-state index in [1.54, 1.807) is 43.3 Å². The van der Waals surface area contributed by atoms with Gasteiger partial charge in [-0.1, -0.05) is 61.7 Å².